The van der Waals surface area contributed by atoms with Crippen molar-refractivity contribution in [1.29, 1.82) is 0 Å². The zero-order chi connectivity index (χ0) is 13.7. The molecule has 1 aromatic heterocycles. The van der Waals surface area contributed by atoms with Gasteiger partial charge in [-0.1, -0.05) is 6.42 Å². The number of hydrogen-bond acceptors (Lipinski definition) is 3. The molecule has 2 rings (SSSR count). The SMILES string of the molecule is COc1cc(C)nc(CNCC2CCCC(Cl)C2)c1. The van der Waals surface area contributed by atoms with Crippen molar-refractivity contribution in [1.82, 2.24) is 10.3 Å². The molecule has 19 heavy (non-hydrogen) atoms. The van der Waals surface area contributed by atoms with Gasteiger partial charge in [-0.3, -0.25) is 4.98 Å². The van der Waals surface area contributed by atoms with E-state index in [9.17, 15) is 0 Å². The maximum Gasteiger partial charge on any atom is 0.122 e. The molecule has 2 unspecified atom stereocenters. The molecule has 1 N–H and O–H groups in total. The number of nitrogens with one attached hydrogen (secondary N) is 1. The van der Waals surface area contributed by atoms with Crippen LogP contribution in [0.4, 0.5) is 0 Å². The number of halogens is 1. The van der Waals surface area contributed by atoms with Crippen LogP contribution in [0.3, 0.4) is 0 Å². The fraction of sp³-hybridized carbons (Fsp3) is 0.667. The normalized spacial score (nSPS) is 23.3. The first-order chi connectivity index (χ1) is 9.17. The minimum Gasteiger partial charge on any atom is -0.497 e. The van der Waals surface area contributed by atoms with Crippen molar-refractivity contribution in [2.75, 3.05) is 13.7 Å². The summed E-state index contributed by atoms with van der Waals surface area (Å²) in [4.78, 5) is 4.51. The Hall–Kier alpha value is -0.800. The summed E-state index contributed by atoms with van der Waals surface area (Å²) in [5.74, 6) is 1.59. The van der Waals surface area contributed by atoms with E-state index in [-0.39, 0.29) is 0 Å². The fourth-order valence-corrected chi connectivity index (χ4v) is 3.13. The van der Waals surface area contributed by atoms with Crippen LogP contribution in [-0.2, 0) is 6.54 Å². The van der Waals surface area contributed by atoms with Crippen molar-refractivity contribution in [3.8, 4) is 5.75 Å². The number of nitrogens with zero attached hydrogens (tertiary/aromatic N) is 1. The zero-order valence-corrected chi connectivity index (χ0v) is 12.5. The summed E-state index contributed by atoms with van der Waals surface area (Å²) in [5, 5.41) is 3.87. The minimum atomic E-state index is 0.373. The van der Waals surface area contributed by atoms with Crippen LogP contribution in [0, 0.1) is 12.8 Å². The number of alkyl halides is 1. The summed E-state index contributed by atoms with van der Waals surface area (Å²) in [5.41, 5.74) is 2.03. The quantitative estimate of drug-likeness (QED) is 0.842. The van der Waals surface area contributed by atoms with Crippen LogP contribution in [0.2, 0.25) is 0 Å². The molecule has 1 aliphatic carbocycles. The van der Waals surface area contributed by atoms with Gasteiger partial charge in [0.25, 0.3) is 0 Å². The second kappa shape index (κ2) is 7.11. The topological polar surface area (TPSA) is 34.1 Å². The van der Waals surface area contributed by atoms with E-state index in [2.05, 4.69) is 10.3 Å². The van der Waals surface area contributed by atoms with Gasteiger partial charge in [0.05, 0.1) is 12.8 Å². The molecule has 3 nitrogen and oxygen atoms in total. The van der Waals surface area contributed by atoms with E-state index < -0.39 is 0 Å². The van der Waals surface area contributed by atoms with Crippen molar-refractivity contribution in [2.24, 2.45) is 5.92 Å². The Bertz CT molecular complexity index is 411. The van der Waals surface area contributed by atoms with Crippen LogP contribution in [-0.4, -0.2) is 24.0 Å². The number of hydrogen-bond donors (Lipinski definition) is 1. The van der Waals surface area contributed by atoms with E-state index in [1.807, 2.05) is 19.1 Å². The molecule has 0 amide bonds. The highest BCUT2D eigenvalue weighted by molar-refractivity contribution is 6.20. The summed E-state index contributed by atoms with van der Waals surface area (Å²) in [7, 11) is 1.69. The zero-order valence-electron chi connectivity index (χ0n) is 11.8. The Balaban J connectivity index is 1.80. The van der Waals surface area contributed by atoms with Crippen LogP contribution in [0.15, 0.2) is 12.1 Å². The van der Waals surface area contributed by atoms with E-state index in [1.54, 1.807) is 7.11 Å². The van der Waals surface area contributed by atoms with Crippen molar-refractivity contribution in [3.05, 3.63) is 23.5 Å². The predicted molar refractivity (Wildman–Crippen MR) is 78.8 cm³/mol. The highest BCUT2D eigenvalue weighted by Crippen LogP contribution is 2.27. The number of pyridine rings is 1. The second-order valence-corrected chi connectivity index (χ2v) is 6.02. The Morgan fingerprint density at radius 2 is 2.26 bits per heavy atom. The highest BCUT2D eigenvalue weighted by atomic mass is 35.5. The number of methoxy groups -OCH3 is 1. The summed E-state index contributed by atoms with van der Waals surface area (Å²) < 4.78 is 5.26. The Labute approximate surface area is 120 Å². The standard InChI is InChI=1S/C15H23ClN2O/c1-11-6-15(19-2)8-14(18-11)10-17-9-12-4-3-5-13(16)7-12/h6,8,12-13,17H,3-5,7,9-10H2,1-2H3. The van der Waals surface area contributed by atoms with Gasteiger partial charge in [0.15, 0.2) is 0 Å². The first-order valence-corrected chi connectivity index (χ1v) is 7.47. The van der Waals surface area contributed by atoms with Gasteiger partial charge >= 0.3 is 0 Å². The molecule has 0 saturated heterocycles. The van der Waals surface area contributed by atoms with E-state index >= 15 is 0 Å². The third kappa shape index (κ3) is 4.66. The lowest BCUT2D eigenvalue weighted by atomic mass is 9.89. The van der Waals surface area contributed by atoms with Crippen molar-refractivity contribution in [3.63, 3.8) is 0 Å². The Kier molecular flexibility index (Phi) is 5.46. The number of aromatic nitrogens is 1. The van der Waals surface area contributed by atoms with Crippen LogP contribution in [0.25, 0.3) is 0 Å². The average molecular weight is 283 g/mol. The summed E-state index contributed by atoms with van der Waals surface area (Å²) in [6.07, 6.45) is 4.87. The third-order valence-electron chi connectivity index (χ3n) is 3.67. The second-order valence-electron chi connectivity index (χ2n) is 5.40. The van der Waals surface area contributed by atoms with Crippen LogP contribution in [0.1, 0.15) is 37.1 Å². The van der Waals surface area contributed by atoms with Gasteiger partial charge in [-0.05, 0) is 38.6 Å². The molecule has 2 atom stereocenters. The van der Waals surface area contributed by atoms with Gasteiger partial charge < -0.3 is 10.1 Å². The highest BCUT2D eigenvalue weighted by Gasteiger charge is 2.19. The minimum absolute atomic E-state index is 0.373. The molecular formula is C15H23ClN2O. The van der Waals surface area contributed by atoms with Gasteiger partial charge in [-0.2, -0.15) is 0 Å². The van der Waals surface area contributed by atoms with Gasteiger partial charge in [0.2, 0.25) is 0 Å². The molecule has 0 radical (unpaired) electrons. The maximum atomic E-state index is 6.21. The molecule has 1 heterocycles. The summed E-state index contributed by atoms with van der Waals surface area (Å²) >= 11 is 6.21. The smallest absolute Gasteiger partial charge is 0.122 e. The van der Waals surface area contributed by atoms with Gasteiger partial charge in [-0.25, -0.2) is 0 Å². The predicted octanol–water partition coefficient (Wildman–Crippen LogP) is 3.29. The molecule has 0 spiro atoms. The first kappa shape index (κ1) is 14.6. The number of aryl methyl sites for hydroxylation is 1. The van der Waals surface area contributed by atoms with Crippen LogP contribution < -0.4 is 10.1 Å². The van der Waals surface area contributed by atoms with Crippen molar-refractivity contribution >= 4 is 11.6 Å². The molecule has 1 fully saturated rings. The van der Waals surface area contributed by atoms with Crippen molar-refractivity contribution in [2.45, 2.75) is 44.5 Å². The lowest BCUT2D eigenvalue weighted by Crippen LogP contribution is -2.27. The lowest BCUT2D eigenvalue weighted by Gasteiger charge is -2.25. The molecule has 1 saturated carbocycles. The Morgan fingerprint density at radius 3 is 3.00 bits per heavy atom. The van der Waals surface area contributed by atoms with E-state index in [0.717, 1.165) is 36.6 Å². The average Bonchev–Trinajstić information content (AvgIpc) is 2.38. The molecule has 4 heteroatoms. The molecule has 0 aromatic carbocycles. The first-order valence-electron chi connectivity index (χ1n) is 7.03. The third-order valence-corrected chi connectivity index (χ3v) is 4.07. The van der Waals surface area contributed by atoms with Crippen LogP contribution in [0.5, 0.6) is 5.75 Å². The van der Waals surface area contributed by atoms with Gasteiger partial charge in [-0.15, -0.1) is 11.6 Å². The fourth-order valence-electron chi connectivity index (χ4n) is 2.73. The maximum absolute atomic E-state index is 6.21. The lowest BCUT2D eigenvalue weighted by molar-refractivity contribution is 0.345. The van der Waals surface area contributed by atoms with Gasteiger partial charge in [0.1, 0.15) is 5.75 Å². The van der Waals surface area contributed by atoms with E-state index in [0.29, 0.717) is 11.3 Å². The van der Waals surface area contributed by atoms with E-state index in [1.165, 1.54) is 19.3 Å². The summed E-state index contributed by atoms with van der Waals surface area (Å²) in [6.45, 7) is 3.81. The van der Waals surface area contributed by atoms with Gasteiger partial charge in [0, 0.05) is 29.7 Å². The van der Waals surface area contributed by atoms with E-state index in [4.69, 9.17) is 16.3 Å². The number of ether oxygens (including phenoxy) is 1. The Morgan fingerprint density at radius 1 is 1.42 bits per heavy atom. The molecular weight excluding hydrogens is 260 g/mol. The van der Waals surface area contributed by atoms with Crippen molar-refractivity contribution < 1.29 is 4.74 Å². The molecule has 0 aliphatic heterocycles. The largest absolute Gasteiger partial charge is 0.497 e. The molecule has 1 aromatic rings. The van der Waals surface area contributed by atoms with Crippen LogP contribution >= 0.6 is 11.6 Å². The number of rotatable bonds is 5. The molecule has 106 valence electrons. The molecule has 0 bridgehead atoms. The molecule has 1 aliphatic rings. The monoisotopic (exact) mass is 282 g/mol. The summed E-state index contributed by atoms with van der Waals surface area (Å²) in [6, 6.07) is 3.94.